The van der Waals surface area contributed by atoms with Gasteiger partial charge >= 0.3 is 12.1 Å². The normalized spacial score (nSPS) is 13.6. The molecule has 2 amide bonds. The smallest absolute Gasteiger partial charge is 0.407 e. The number of nitrogens with one attached hydrogen (secondary N) is 1. The SMILES string of the molecule is CC(C)(C)OC(=O)NCCCN1Cc2ccc(C(=O)O)cc2C1=O. The summed E-state index contributed by atoms with van der Waals surface area (Å²) >= 11 is 0. The Hall–Kier alpha value is -2.57. The van der Waals surface area contributed by atoms with Crippen LogP contribution in [0, 0.1) is 0 Å². The molecule has 0 fully saturated rings. The van der Waals surface area contributed by atoms with Crippen molar-refractivity contribution in [3.63, 3.8) is 0 Å². The van der Waals surface area contributed by atoms with E-state index in [0.717, 1.165) is 5.56 Å². The number of amides is 2. The van der Waals surface area contributed by atoms with Gasteiger partial charge in [-0.15, -0.1) is 0 Å². The quantitative estimate of drug-likeness (QED) is 0.805. The Morgan fingerprint density at radius 1 is 1.33 bits per heavy atom. The number of alkyl carbamates (subject to hydrolysis) is 1. The van der Waals surface area contributed by atoms with E-state index in [1.165, 1.54) is 12.1 Å². The largest absolute Gasteiger partial charge is 0.478 e. The van der Waals surface area contributed by atoms with Crippen LogP contribution in [0.4, 0.5) is 4.79 Å². The zero-order valence-corrected chi connectivity index (χ0v) is 14.1. The van der Waals surface area contributed by atoms with E-state index < -0.39 is 17.7 Å². The highest BCUT2D eigenvalue weighted by molar-refractivity contribution is 6.00. The Balaban J connectivity index is 1.82. The highest BCUT2D eigenvalue weighted by Gasteiger charge is 2.27. The molecule has 1 heterocycles. The van der Waals surface area contributed by atoms with Crippen LogP contribution >= 0.6 is 0 Å². The van der Waals surface area contributed by atoms with Crippen LogP contribution in [0.2, 0.25) is 0 Å². The Bertz CT molecular complexity index is 663. The topological polar surface area (TPSA) is 95.9 Å². The number of hydrogen-bond acceptors (Lipinski definition) is 4. The van der Waals surface area contributed by atoms with Crippen molar-refractivity contribution in [1.82, 2.24) is 10.2 Å². The summed E-state index contributed by atoms with van der Waals surface area (Å²) in [6, 6.07) is 4.59. The number of carbonyl (C=O) groups is 3. The van der Waals surface area contributed by atoms with Crippen LogP contribution in [0.25, 0.3) is 0 Å². The molecular weight excluding hydrogens is 312 g/mol. The summed E-state index contributed by atoms with van der Waals surface area (Å²) in [5, 5.41) is 11.6. The summed E-state index contributed by atoms with van der Waals surface area (Å²) in [4.78, 5) is 36.5. The van der Waals surface area contributed by atoms with Gasteiger partial charge in [-0.1, -0.05) is 6.07 Å². The second-order valence-corrected chi connectivity index (χ2v) is 6.69. The van der Waals surface area contributed by atoms with E-state index in [1.807, 2.05) is 0 Å². The molecule has 0 unspecified atom stereocenters. The summed E-state index contributed by atoms with van der Waals surface area (Å²) in [5.74, 6) is -1.23. The minimum absolute atomic E-state index is 0.107. The predicted molar refractivity (Wildman–Crippen MR) is 87.0 cm³/mol. The first-order chi connectivity index (χ1) is 11.2. The average molecular weight is 334 g/mol. The molecule has 0 spiro atoms. The number of carboxylic acid groups (broad SMARTS) is 1. The van der Waals surface area contributed by atoms with Crippen LogP contribution in [-0.2, 0) is 11.3 Å². The number of fused-ring (bicyclic) bond motifs is 1. The first-order valence-electron chi connectivity index (χ1n) is 7.80. The van der Waals surface area contributed by atoms with Crippen molar-refractivity contribution in [3.05, 3.63) is 34.9 Å². The van der Waals surface area contributed by atoms with Gasteiger partial charge in [0.25, 0.3) is 5.91 Å². The van der Waals surface area contributed by atoms with Gasteiger partial charge in [-0.05, 0) is 44.9 Å². The molecule has 1 aromatic rings. The van der Waals surface area contributed by atoms with Crippen LogP contribution in [0.3, 0.4) is 0 Å². The number of nitrogens with zero attached hydrogens (tertiary/aromatic N) is 1. The maximum absolute atomic E-state index is 12.3. The van der Waals surface area contributed by atoms with Crippen LogP contribution in [0.15, 0.2) is 18.2 Å². The molecule has 1 aliphatic rings. The van der Waals surface area contributed by atoms with Crippen LogP contribution in [-0.4, -0.2) is 46.7 Å². The van der Waals surface area contributed by atoms with E-state index in [2.05, 4.69) is 5.32 Å². The number of aromatic carboxylic acids is 1. The van der Waals surface area contributed by atoms with E-state index in [9.17, 15) is 14.4 Å². The number of benzene rings is 1. The molecule has 0 aromatic heterocycles. The Morgan fingerprint density at radius 2 is 2.04 bits per heavy atom. The fraction of sp³-hybridized carbons (Fsp3) is 0.471. The molecule has 0 bridgehead atoms. The van der Waals surface area contributed by atoms with Gasteiger partial charge in [-0.25, -0.2) is 9.59 Å². The third-order valence-electron chi connectivity index (χ3n) is 3.51. The maximum Gasteiger partial charge on any atom is 0.407 e. The maximum atomic E-state index is 12.3. The summed E-state index contributed by atoms with van der Waals surface area (Å²) in [5.41, 5.74) is 0.828. The summed E-state index contributed by atoms with van der Waals surface area (Å²) in [6.45, 7) is 6.70. The fourth-order valence-corrected chi connectivity index (χ4v) is 2.45. The first kappa shape index (κ1) is 17.8. The lowest BCUT2D eigenvalue weighted by Gasteiger charge is -2.20. The van der Waals surface area contributed by atoms with Gasteiger partial charge in [0.05, 0.1) is 5.56 Å². The number of carbonyl (C=O) groups excluding carboxylic acids is 2. The van der Waals surface area contributed by atoms with Crippen molar-refractivity contribution in [3.8, 4) is 0 Å². The van der Waals surface area contributed by atoms with Gasteiger partial charge in [-0.2, -0.15) is 0 Å². The van der Waals surface area contributed by atoms with E-state index in [1.54, 1.807) is 31.7 Å². The Morgan fingerprint density at radius 3 is 2.67 bits per heavy atom. The molecule has 2 N–H and O–H groups in total. The molecule has 1 aliphatic heterocycles. The minimum atomic E-state index is -1.05. The number of carboxylic acids is 1. The summed E-state index contributed by atoms with van der Waals surface area (Å²) < 4.78 is 5.13. The summed E-state index contributed by atoms with van der Waals surface area (Å²) in [7, 11) is 0. The van der Waals surface area contributed by atoms with Crippen molar-refractivity contribution in [2.45, 2.75) is 39.3 Å². The minimum Gasteiger partial charge on any atom is -0.478 e. The molecule has 0 atom stereocenters. The second kappa shape index (κ2) is 6.90. The standard InChI is InChI=1S/C17H22N2O5/c1-17(2,3)24-16(23)18-7-4-8-19-10-12-6-5-11(15(21)22)9-13(12)14(19)20/h5-6,9H,4,7-8,10H2,1-3H3,(H,18,23)(H,21,22). The van der Waals surface area contributed by atoms with Gasteiger partial charge < -0.3 is 20.1 Å². The molecule has 0 saturated heterocycles. The number of hydrogen-bond donors (Lipinski definition) is 2. The lowest BCUT2D eigenvalue weighted by atomic mass is 10.1. The fourth-order valence-electron chi connectivity index (χ4n) is 2.45. The van der Waals surface area contributed by atoms with Gasteiger partial charge in [0, 0.05) is 25.2 Å². The molecule has 130 valence electrons. The van der Waals surface area contributed by atoms with Crippen molar-refractivity contribution in [2.75, 3.05) is 13.1 Å². The van der Waals surface area contributed by atoms with Crippen molar-refractivity contribution in [2.24, 2.45) is 0 Å². The molecule has 24 heavy (non-hydrogen) atoms. The van der Waals surface area contributed by atoms with Crippen LogP contribution in [0.1, 0.15) is 53.5 Å². The third-order valence-corrected chi connectivity index (χ3v) is 3.51. The molecule has 2 rings (SSSR count). The molecule has 7 nitrogen and oxygen atoms in total. The van der Waals surface area contributed by atoms with E-state index in [0.29, 0.717) is 31.6 Å². The Kier molecular flexibility index (Phi) is 5.11. The van der Waals surface area contributed by atoms with E-state index in [-0.39, 0.29) is 11.5 Å². The van der Waals surface area contributed by atoms with Gasteiger partial charge in [0.1, 0.15) is 5.60 Å². The van der Waals surface area contributed by atoms with Gasteiger partial charge in [0.2, 0.25) is 0 Å². The van der Waals surface area contributed by atoms with E-state index in [4.69, 9.17) is 9.84 Å². The monoisotopic (exact) mass is 334 g/mol. The number of rotatable bonds is 5. The highest BCUT2D eigenvalue weighted by Crippen LogP contribution is 2.24. The highest BCUT2D eigenvalue weighted by atomic mass is 16.6. The number of ether oxygens (including phenoxy) is 1. The average Bonchev–Trinajstić information content (AvgIpc) is 2.78. The predicted octanol–water partition coefficient (Wildman–Crippen LogP) is 2.26. The zero-order valence-electron chi connectivity index (χ0n) is 14.1. The Labute approximate surface area is 140 Å². The molecule has 0 radical (unpaired) electrons. The molecule has 0 saturated carbocycles. The van der Waals surface area contributed by atoms with Crippen molar-refractivity contribution >= 4 is 18.0 Å². The van der Waals surface area contributed by atoms with Gasteiger partial charge in [0.15, 0.2) is 0 Å². The van der Waals surface area contributed by atoms with Crippen molar-refractivity contribution in [1.29, 1.82) is 0 Å². The third kappa shape index (κ3) is 4.47. The molecule has 1 aromatic carbocycles. The van der Waals surface area contributed by atoms with E-state index >= 15 is 0 Å². The molecular formula is C17H22N2O5. The molecule has 7 heteroatoms. The van der Waals surface area contributed by atoms with Gasteiger partial charge in [-0.3, -0.25) is 4.79 Å². The van der Waals surface area contributed by atoms with Crippen LogP contribution < -0.4 is 5.32 Å². The first-order valence-corrected chi connectivity index (χ1v) is 7.80. The summed E-state index contributed by atoms with van der Waals surface area (Å²) in [6.07, 6.45) is 0.106. The zero-order chi connectivity index (χ0) is 17.9. The lowest BCUT2D eigenvalue weighted by Crippen LogP contribution is -2.34. The molecule has 0 aliphatic carbocycles. The lowest BCUT2D eigenvalue weighted by molar-refractivity contribution is 0.0525. The van der Waals surface area contributed by atoms with Crippen molar-refractivity contribution < 1.29 is 24.2 Å². The second-order valence-electron chi connectivity index (χ2n) is 6.69. The van der Waals surface area contributed by atoms with Crippen LogP contribution in [0.5, 0.6) is 0 Å².